The van der Waals surface area contributed by atoms with Gasteiger partial charge in [-0.2, -0.15) is 0 Å². The van der Waals surface area contributed by atoms with Gasteiger partial charge in [-0.15, -0.1) is 22.7 Å². The molecule has 0 aliphatic rings. The van der Waals surface area contributed by atoms with Crippen molar-refractivity contribution in [2.24, 2.45) is 5.73 Å². The molecule has 3 aromatic rings. The lowest BCUT2D eigenvalue weighted by molar-refractivity contribution is 0.468. The van der Waals surface area contributed by atoms with E-state index in [1.165, 1.54) is 9.40 Å². The summed E-state index contributed by atoms with van der Waals surface area (Å²) in [5, 5.41) is 2.10. The lowest BCUT2D eigenvalue weighted by atomic mass is 10.2. The van der Waals surface area contributed by atoms with E-state index in [0.717, 1.165) is 16.4 Å². The molecule has 82 valence electrons. The van der Waals surface area contributed by atoms with Gasteiger partial charge in [0, 0.05) is 14.3 Å². The Labute approximate surface area is 101 Å². The summed E-state index contributed by atoms with van der Waals surface area (Å²) < 4.78 is 8.17. The molecule has 0 fully saturated rings. The third-order valence-corrected chi connectivity index (χ3v) is 4.71. The molecule has 2 nitrogen and oxygen atoms in total. The number of thiophene rings is 2. The Morgan fingerprint density at radius 1 is 1.25 bits per heavy atom. The van der Waals surface area contributed by atoms with Crippen LogP contribution in [0.15, 0.2) is 34.1 Å². The molecule has 0 aromatic carbocycles. The van der Waals surface area contributed by atoms with Crippen molar-refractivity contribution in [1.82, 2.24) is 0 Å². The molecule has 16 heavy (non-hydrogen) atoms. The van der Waals surface area contributed by atoms with Gasteiger partial charge in [0.1, 0.15) is 11.5 Å². The Balaban J connectivity index is 2.00. The second-order valence-electron chi connectivity index (χ2n) is 3.72. The average molecular weight is 249 g/mol. The van der Waals surface area contributed by atoms with Crippen molar-refractivity contribution < 1.29 is 4.42 Å². The van der Waals surface area contributed by atoms with Crippen LogP contribution in [0.25, 0.3) is 9.40 Å². The maximum absolute atomic E-state index is 6.17. The monoisotopic (exact) mass is 249 g/mol. The minimum Gasteiger partial charge on any atom is -0.464 e. The summed E-state index contributed by atoms with van der Waals surface area (Å²) in [6, 6.07) is 8.05. The van der Waals surface area contributed by atoms with Crippen LogP contribution in [-0.4, -0.2) is 0 Å². The molecule has 0 aliphatic carbocycles. The number of nitrogens with two attached hydrogens (primary N) is 1. The third-order valence-electron chi connectivity index (χ3n) is 2.53. The van der Waals surface area contributed by atoms with Gasteiger partial charge in [0.05, 0.1) is 6.04 Å². The number of furan rings is 1. The second-order valence-corrected chi connectivity index (χ2v) is 5.79. The summed E-state index contributed by atoms with van der Waals surface area (Å²) in [7, 11) is 0. The van der Waals surface area contributed by atoms with Gasteiger partial charge in [-0.25, -0.2) is 0 Å². The maximum Gasteiger partial charge on any atom is 0.126 e. The van der Waals surface area contributed by atoms with E-state index in [9.17, 15) is 0 Å². The topological polar surface area (TPSA) is 39.2 Å². The highest BCUT2D eigenvalue weighted by Crippen LogP contribution is 2.35. The van der Waals surface area contributed by atoms with Crippen LogP contribution >= 0.6 is 22.7 Å². The summed E-state index contributed by atoms with van der Waals surface area (Å²) in [5.74, 6) is 1.75. The molecule has 3 heterocycles. The van der Waals surface area contributed by atoms with Crippen molar-refractivity contribution in [2.75, 3.05) is 0 Å². The molecule has 3 rings (SSSR count). The van der Waals surface area contributed by atoms with Gasteiger partial charge in [-0.1, -0.05) is 0 Å². The van der Waals surface area contributed by atoms with Crippen molar-refractivity contribution >= 4 is 32.1 Å². The lowest BCUT2D eigenvalue weighted by Crippen LogP contribution is -2.08. The van der Waals surface area contributed by atoms with Gasteiger partial charge in [0.15, 0.2) is 0 Å². The molecule has 0 saturated heterocycles. The molecular weight excluding hydrogens is 238 g/mol. The molecule has 0 spiro atoms. The highest BCUT2D eigenvalue weighted by atomic mass is 32.1. The van der Waals surface area contributed by atoms with Crippen molar-refractivity contribution in [1.29, 1.82) is 0 Å². The summed E-state index contributed by atoms with van der Waals surface area (Å²) in [5.41, 5.74) is 6.17. The lowest BCUT2D eigenvalue weighted by Gasteiger charge is -2.04. The molecule has 1 unspecified atom stereocenters. The van der Waals surface area contributed by atoms with Crippen molar-refractivity contribution in [3.63, 3.8) is 0 Å². The zero-order chi connectivity index (χ0) is 11.1. The van der Waals surface area contributed by atoms with Gasteiger partial charge < -0.3 is 10.2 Å². The van der Waals surface area contributed by atoms with E-state index in [0.29, 0.717) is 0 Å². The summed E-state index contributed by atoms with van der Waals surface area (Å²) in [4.78, 5) is 1.16. The normalized spacial score (nSPS) is 13.4. The van der Waals surface area contributed by atoms with E-state index in [2.05, 4.69) is 17.5 Å². The van der Waals surface area contributed by atoms with Crippen molar-refractivity contribution in [3.05, 3.63) is 46.0 Å². The SMILES string of the molecule is Cc1ccc(C(N)c2cc3sccc3s2)o1. The zero-order valence-electron chi connectivity index (χ0n) is 8.77. The molecule has 4 heteroatoms. The highest BCUT2D eigenvalue weighted by molar-refractivity contribution is 7.26. The fourth-order valence-corrected chi connectivity index (χ4v) is 3.83. The standard InChI is InChI=1S/C12H11NOS2/c1-7-2-3-8(14-7)12(13)11-6-10-9(16-11)4-5-15-10/h2-6,12H,13H2,1H3. The quantitative estimate of drug-likeness (QED) is 0.747. The number of fused-ring (bicyclic) bond motifs is 1. The van der Waals surface area contributed by atoms with Crippen molar-refractivity contribution in [2.45, 2.75) is 13.0 Å². The number of aryl methyl sites for hydroxylation is 1. The van der Waals surface area contributed by atoms with E-state index >= 15 is 0 Å². The molecule has 0 radical (unpaired) electrons. The van der Waals surface area contributed by atoms with Crippen LogP contribution in [0.1, 0.15) is 22.4 Å². The Morgan fingerprint density at radius 2 is 2.12 bits per heavy atom. The van der Waals surface area contributed by atoms with E-state index in [1.54, 1.807) is 22.7 Å². The molecule has 0 aliphatic heterocycles. The van der Waals surface area contributed by atoms with Crippen LogP contribution in [-0.2, 0) is 0 Å². The molecule has 0 amide bonds. The first-order valence-electron chi connectivity index (χ1n) is 5.03. The van der Waals surface area contributed by atoms with Gasteiger partial charge >= 0.3 is 0 Å². The fraction of sp³-hybridized carbons (Fsp3) is 0.167. The minimum atomic E-state index is -0.140. The molecular formula is C12H11NOS2. The van der Waals surface area contributed by atoms with E-state index < -0.39 is 0 Å². The third kappa shape index (κ3) is 1.59. The van der Waals surface area contributed by atoms with Crippen LogP contribution in [0.5, 0.6) is 0 Å². The summed E-state index contributed by atoms with van der Waals surface area (Å²) >= 11 is 3.49. The Kier molecular flexibility index (Phi) is 2.35. The van der Waals surface area contributed by atoms with Crippen LogP contribution in [0.4, 0.5) is 0 Å². The highest BCUT2D eigenvalue weighted by Gasteiger charge is 2.15. The maximum atomic E-state index is 6.17. The predicted octanol–water partition coefficient (Wildman–Crippen LogP) is 3.91. The molecule has 2 N–H and O–H groups in total. The average Bonchev–Trinajstić information content (AvgIpc) is 2.89. The summed E-state index contributed by atoms with van der Waals surface area (Å²) in [6.07, 6.45) is 0. The number of hydrogen-bond acceptors (Lipinski definition) is 4. The van der Waals surface area contributed by atoms with Crippen LogP contribution in [0.2, 0.25) is 0 Å². The Hall–Kier alpha value is -1.10. The van der Waals surface area contributed by atoms with Gasteiger partial charge in [0.2, 0.25) is 0 Å². The first-order chi connectivity index (χ1) is 7.74. The smallest absolute Gasteiger partial charge is 0.126 e. The van der Waals surface area contributed by atoms with E-state index in [1.807, 2.05) is 19.1 Å². The van der Waals surface area contributed by atoms with Gasteiger partial charge in [-0.3, -0.25) is 0 Å². The first-order valence-corrected chi connectivity index (χ1v) is 6.72. The Morgan fingerprint density at radius 3 is 2.81 bits per heavy atom. The van der Waals surface area contributed by atoms with E-state index in [4.69, 9.17) is 10.2 Å². The molecule has 0 bridgehead atoms. The van der Waals surface area contributed by atoms with Crippen LogP contribution in [0.3, 0.4) is 0 Å². The number of rotatable bonds is 2. The summed E-state index contributed by atoms with van der Waals surface area (Å²) in [6.45, 7) is 1.93. The van der Waals surface area contributed by atoms with Crippen molar-refractivity contribution in [3.8, 4) is 0 Å². The van der Waals surface area contributed by atoms with E-state index in [-0.39, 0.29) is 6.04 Å². The largest absolute Gasteiger partial charge is 0.464 e. The molecule has 0 saturated carbocycles. The fourth-order valence-electron chi connectivity index (χ4n) is 1.70. The Bertz CT molecular complexity index is 591. The zero-order valence-corrected chi connectivity index (χ0v) is 10.4. The van der Waals surface area contributed by atoms with Gasteiger partial charge in [-0.05, 0) is 36.6 Å². The predicted molar refractivity (Wildman–Crippen MR) is 69.2 cm³/mol. The van der Waals surface area contributed by atoms with Crippen LogP contribution < -0.4 is 5.73 Å². The number of hydrogen-bond donors (Lipinski definition) is 1. The van der Waals surface area contributed by atoms with Gasteiger partial charge in [0.25, 0.3) is 0 Å². The first kappa shape index (κ1) is 10.1. The minimum absolute atomic E-state index is 0.140. The van der Waals surface area contributed by atoms with Crippen LogP contribution in [0, 0.1) is 6.92 Å². The molecule has 1 atom stereocenters. The second kappa shape index (κ2) is 3.73. The molecule has 3 aromatic heterocycles.